The molecule has 0 radical (unpaired) electrons. The van der Waals surface area contributed by atoms with E-state index in [2.05, 4.69) is 15.1 Å². The van der Waals surface area contributed by atoms with Crippen LogP contribution in [0.3, 0.4) is 0 Å². The molecule has 1 aliphatic heterocycles. The Kier molecular flexibility index (Phi) is 3.92. The number of nitrogens with two attached hydrogens (primary N) is 1. The number of carboxylic acids is 1. The number of carbonyl (C=O) groups is 1. The molecule has 24 heavy (non-hydrogen) atoms. The average Bonchev–Trinajstić information content (AvgIpc) is 2.92. The molecule has 2 aromatic rings. The van der Waals surface area contributed by atoms with E-state index in [1.165, 1.54) is 0 Å². The number of hydrogen-bond acceptors (Lipinski definition) is 6. The number of aromatic nitrogens is 2. The SMILES string of the molecule is CC1=NC(C)=C(c2nc(C)no2)C(c2cccc(N)c2)C1C(=O)O. The second kappa shape index (κ2) is 5.92. The van der Waals surface area contributed by atoms with E-state index in [9.17, 15) is 9.90 Å². The zero-order valence-corrected chi connectivity index (χ0v) is 13.6. The molecule has 1 aromatic heterocycles. The van der Waals surface area contributed by atoms with E-state index in [1.807, 2.05) is 13.0 Å². The first kappa shape index (κ1) is 15.9. The molecule has 7 heteroatoms. The first-order valence-electron chi connectivity index (χ1n) is 7.53. The zero-order chi connectivity index (χ0) is 17.4. The smallest absolute Gasteiger partial charge is 0.313 e. The van der Waals surface area contributed by atoms with E-state index >= 15 is 0 Å². The van der Waals surface area contributed by atoms with Crippen molar-refractivity contribution < 1.29 is 14.4 Å². The number of rotatable bonds is 3. The molecular weight excluding hydrogens is 308 g/mol. The molecule has 7 nitrogen and oxygen atoms in total. The molecule has 0 spiro atoms. The van der Waals surface area contributed by atoms with E-state index < -0.39 is 17.8 Å². The Morgan fingerprint density at radius 2 is 2.04 bits per heavy atom. The Morgan fingerprint density at radius 1 is 1.29 bits per heavy atom. The van der Waals surface area contributed by atoms with Gasteiger partial charge < -0.3 is 15.4 Å². The Labute approximate surface area is 138 Å². The van der Waals surface area contributed by atoms with Crippen molar-refractivity contribution in [1.29, 1.82) is 0 Å². The third kappa shape index (κ3) is 2.68. The van der Waals surface area contributed by atoms with Crippen molar-refractivity contribution in [3.8, 4) is 0 Å². The first-order valence-corrected chi connectivity index (χ1v) is 7.53. The molecule has 3 rings (SSSR count). The largest absolute Gasteiger partial charge is 0.481 e. The summed E-state index contributed by atoms with van der Waals surface area (Å²) in [6.45, 7) is 5.25. The Hall–Kier alpha value is -2.96. The maximum atomic E-state index is 11.9. The molecule has 3 N–H and O–H groups in total. The summed E-state index contributed by atoms with van der Waals surface area (Å²) in [6, 6.07) is 7.19. The molecule has 2 atom stereocenters. The summed E-state index contributed by atoms with van der Waals surface area (Å²) in [6.07, 6.45) is 0. The summed E-state index contributed by atoms with van der Waals surface area (Å²) >= 11 is 0. The van der Waals surface area contributed by atoms with Gasteiger partial charge in [-0.2, -0.15) is 4.98 Å². The Morgan fingerprint density at radius 3 is 2.62 bits per heavy atom. The fourth-order valence-corrected chi connectivity index (χ4v) is 3.15. The number of allylic oxidation sites excluding steroid dienone is 2. The summed E-state index contributed by atoms with van der Waals surface area (Å²) < 4.78 is 5.31. The molecule has 2 unspecified atom stereocenters. The highest BCUT2D eigenvalue weighted by Gasteiger charge is 2.40. The van der Waals surface area contributed by atoms with Gasteiger partial charge in [0.25, 0.3) is 5.89 Å². The van der Waals surface area contributed by atoms with Crippen molar-refractivity contribution >= 4 is 22.9 Å². The van der Waals surface area contributed by atoms with Gasteiger partial charge in [-0.3, -0.25) is 9.79 Å². The van der Waals surface area contributed by atoms with Crippen molar-refractivity contribution in [1.82, 2.24) is 10.1 Å². The third-order valence-electron chi connectivity index (χ3n) is 4.12. The second-order valence-corrected chi connectivity index (χ2v) is 5.86. The Bertz CT molecular complexity index is 866. The van der Waals surface area contributed by atoms with Gasteiger partial charge in [-0.1, -0.05) is 17.3 Å². The van der Waals surface area contributed by atoms with Crippen LogP contribution in [0.25, 0.3) is 5.57 Å². The van der Waals surface area contributed by atoms with Crippen LogP contribution in [0, 0.1) is 12.8 Å². The maximum absolute atomic E-state index is 11.9. The minimum Gasteiger partial charge on any atom is -0.481 e. The number of hydrogen-bond donors (Lipinski definition) is 2. The average molecular weight is 326 g/mol. The van der Waals surface area contributed by atoms with Crippen LogP contribution in [0.1, 0.15) is 37.0 Å². The van der Waals surface area contributed by atoms with Crippen LogP contribution in [-0.2, 0) is 4.79 Å². The van der Waals surface area contributed by atoms with Crippen LogP contribution in [0.5, 0.6) is 0 Å². The van der Waals surface area contributed by atoms with E-state index in [-0.39, 0.29) is 0 Å². The second-order valence-electron chi connectivity index (χ2n) is 5.86. The molecule has 0 saturated heterocycles. The van der Waals surface area contributed by atoms with E-state index in [4.69, 9.17) is 10.3 Å². The van der Waals surface area contributed by atoms with Gasteiger partial charge in [-0.05, 0) is 38.5 Å². The normalized spacial score (nSPS) is 20.9. The van der Waals surface area contributed by atoms with Crippen molar-refractivity contribution in [2.24, 2.45) is 10.9 Å². The molecular formula is C17H18N4O3. The lowest BCUT2D eigenvalue weighted by atomic mass is 9.75. The molecule has 0 saturated carbocycles. The highest BCUT2D eigenvalue weighted by molar-refractivity contribution is 6.05. The van der Waals surface area contributed by atoms with Gasteiger partial charge in [0.15, 0.2) is 5.82 Å². The van der Waals surface area contributed by atoms with Gasteiger partial charge in [-0.15, -0.1) is 0 Å². The number of nitrogens with zero attached hydrogens (tertiary/aromatic N) is 3. The van der Waals surface area contributed by atoms with Crippen LogP contribution >= 0.6 is 0 Å². The number of aryl methyl sites for hydroxylation is 1. The molecule has 0 aliphatic carbocycles. The fraction of sp³-hybridized carbons (Fsp3) is 0.294. The molecule has 124 valence electrons. The fourth-order valence-electron chi connectivity index (χ4n) is 3.15. The van der Waals surface area contributed by atoms with Crippen molar-refractivity contribution in [3.63, 3.8) is 0 Å². The topological polar surface area (TPSA) is 115 Å². The van der Waals surface area contributed by atoms with Gasteiger partial charge in [0.1, 0.15) is 5.92 Å². The summed E-state index contributed by atoms with van der Waals surface area (Å²) in [4.78, 5) is 20.6. The minimum absolute atomic E-state index is 0.292. The van der Waals surface area contributed by atoms with Gasteiger partial charge in [-0.25, -0.2) is 0 Å². The lowest BCUT2D eigenvalue weighted by Crippen LogP contribution is -2.32. The number of carboxylic acid groups (broad SMARTS) is 1. The van der Waals surface area contributed by atoms with E-state index in [1.54, 1.807) is 32.0 Å². The van der Waals surface area contributed by atoms with Crippen LogP contribution in [0.15, 0.2) is 39.5 Å². The highest BCUT2D eigenvalue weighted by atomic mass is 16.5. The predicted molar refractivity (Wildman–Crippen MR) is 89.5 cm³/mol. The molecule has 0 amide bonds. The number of benzene rings is 1. The zero-order valence-electron chi connectivity index (χ0n) is 13.6. The number of aliphatic carboxylic acids is 1. The van der Waals surface area contributed by atoms with Crippen LogP contribution in [-0.4, -0.2) is 26.9 Å². The number of aliphatic imine (C=N–C) groups is 1. The highest BCUT2D eigenvalue weighted by Crippen LogP contribution is 2.43. The van der Waals surface area contributed by atoms with Crippen LogP contribution in [0.2, 0.25) is 0 Å². The lowest BCUT2D eigenvalue weighted by molar-refractivity contribution is -0.139. The Balaban J connectivity index is 2.24. The first-order chi connectivity index (χ1) is 11.4. The minimum atomic E-state index is -0.954. The predicted octanol–water partition coefficient (Wildman–Crippen LogP) is 2.65. The number of anilines is 1. The summed E-state index contributed by atoms with van der Waals surface area (Å²) in [7, 11) is 0. The van der Waals surface area contributed by atoms with Crippen LogP contribution < -0.4 is 5.73 Å². The van der Waals surface area contributed by atoms with E-state index in [0.29, 0.717) is 34.4 Å². The van der Waals surface area contributed by atoms with Gasteiger partial charge in [0.2, 0.25) is 0 Å². The number of nitrogen functional groups attached to an aromatic ring is 1. The van der Waals surface area contributed by atoms with Crippen molar-refractivity contribution in [2.45, 2.75) is 26.7 Å². The molecule has 1 aromatic carbocycles. The maximum Gasteiger partial charge on any atom is 0.313 e. The van der Waals surface area contributed by atoms with Crippen molar-refractivity contribution in [2.75, 3.05) is 5.73 Å². The van der Waals surface area contributed by atoms with E-state index in [0.717, 1.165) is 5.56 Å². The molecule has 1 aliphatic rings. The van der Waals surface area contributed by atoms with Gasteiger partial charge in [0.05, 0.1) is 0 Å². The van der Waals surface area contributed by atoms with Crippen molar-refractivity contribution in [3.05, 3.63) is 47.2 Å². The summed E-state index contributed by atoms with van der Waals surface area (Å²) in [5.74, 6) is -1.50. The molecule has 2 heterocycles. The third-order valence-corrected chi connectivity index (χ3v) is 4.12. The van der Waals surface area contributed by atoms with Gasteiger partial charge >= 0.3 is 5.97 Å². The summed E-state index contributed by atoms with van der Waals surface area (Å²) in [5.41, 5.74) is 9.07. The lowest BCUT2D eigenvalue weighted by Gasteiger charge is -2.30. The summed E-state index contributed by atoms with van der Waals surface area (Å²) in [5, 5.41) is 13.6. The molecule has 0 bridgehead atoms. The van der Waals surface area contributed by atoms with Gasteiger partial charge in [0, 0.05) is 28.6 Å². The van der Waals surface area contributed by atoms with Crippen LogP contribution in [0.4, 0.5) is 5.69 Å². The standard InChI is InChI=1S/C17H18N4O3/c1-8-13(16-20-10(3)21-24-16)15(11-5-4-6-12(18)7-11)14(17(22)23)9(2)19-8/h4-7,14-15H,18H2,1-3H3,(H,22,23). The monoisotopic (exact) mass is 326 g/mol. The quantitative estimate of drug-likeness (QED) is 0.838. The molecule has 0 fully saturated rings.